The van der Waals surface area contributed by atoms with Gasteiger partial charge in [-0.25, -0.2) is 0 Å². The number of benzene rings is 1. The van der Waals surface area contributed by atoms with E-state index in [0.29, 0.717) is 18.0 Å². The van der Waals surface area contributed by atoms with Crippen LogP contribution in [0.4, 0.5) is 5.69 Å². The van der Waals surface area contributed by atoms with E-state index in [1.807, 2.05) is 23.1 Å². The summed E-state index contributed by atoms with van der Waals surface area (Å²) in [6.07, 6.45) is 2.53. The summed E-state index contributed by atoms with van der Waals surface area (Å²) in [4.78, 5) is 29.6. The molecule has 124 valence electrons. The third kappa shape index (κ3) is 3.70. The van der Waals surface area contributed by atoms with E-state index in [1.165, 1.54) is 0 Å². The van der Waals surface area contributed by atoms with Gasteiger partial charge in [-0.1, -0.05) is 0 Å². The highest BCUT2D eigenvalue weighted by atomic mass is 32.2. The number of hydrogen-bond acceptors (Lipinski definition) is 4. The Hall–Kier alpha value is -1.53. The lowest BCUT2D eigenvalue weighted by molar-refractivity contribution is -0.115. The highest BCUT2D eigenvalue weighted by Crippen LogP contribution is 2.32. The van der Waals surface area contributed by atoms with E-state index in [1.54, 1.807) is 11.8 Å². The van der Waals surface area contributed by atoms with Crippen LogP contribution in [0, 0.1) is 0 Å². The maximum absolute atomic E-state index is 12.7. The third-order valence-electron chi connectivity index (χ3n) is 4.57. The van der Waals surface area contributed by atoms with Gasteiger partial charge in [0.1, 0.15) is 0 Å². The maximum atomic E-state index is 12.7. The highest BCUT2D eigenvalue weighted by Gasteiger charge is 2.25. The second kappa shape index (κ2) is 6.93. The number of rotatable bonds is 2. The van der Waals surface area contributed by atoms with Gasteiger partial charge in [0.25, 0.3) is 5.91 Å². The Bertz CT molecular complexity index is 610. The molecule has 1 aromatic rings. The molecule has 0 aliphatic carbocycles. The number of piperidine rings is 1. The van der Waals surface area contributed by atoms with Crippen LogP contribution in [0.5, 0.6) is 0 Å². The van der Waals surface area contributed by atoms with Crippen LogP contribution in [0.2, 0.25) is 0 Å². The predicted molar refractivity (Wildman–Crippen MR) is 93.0 cm³/mol. The van der Waals surface area contributed by atoms with Gasteiger partial charge in [-0.15, -0.1) is 11.8 Å². The molecule has 3 rings (SSSR count). The van der Waals surface area contributed by atoms with Crippen LogP contribution < -0.4 is 5.32 Å². The number of nitrogens with zero attached hydrogens (tertiary/aromatic N) is 2. The fourth-order valence-corrected chi connectivity index (χ4v) is 4.06. The van der Waals surface area contributed by atoms with E-state index in [0.717, 1.165) is 42.3 Å². The van der Waals surface area contributed by atoms with Crippen LogP contribution in [0.15, 0.2) is 23.1 Å². The lowest BCUT2D eigenvalue weighted by Gasteiger charge is -2.35. The van der Waals surface area contributed by atoms with Crippen molar-refractivity contribution < 1.29 is 9.59 Å². The topological polar surface area (TPSA) is 52.6 Å². The van der Waals surface area contributed by atoms with Crippen LogP contribution in [-0.2, 0) is 4.79 Å². The quantitative estimate of drug-likeness (QED) is 0.902. The first-order valence-electron chi connectivity index (χ1n) is 8.07. The van der Waals surface area contributed by atoms with Gasteiger partial charge in [0.2, 0.25) is 5.91 Å². The van der Waals surface area contributed by atoms with Gasteiger partial charge < -0.3 is 15.1 Å². The van der Waals surface area contributed by atoms with Gasteiger partial charge in [0.15, 0.2) is 0 Å². The minimum absolute atomic E-state index is 0.0210. The van der Waals surface area contributed by atoms with Crippen molar-refractivity contribution in [1.82, 2.24) is 9.80 Å². The third-order valence-corrected chi connectivity index (χ3v) is 5.64. The molecule has 5 nitrogen and oxygen atoms in total. The summed E-state index contributed by atoms with van der Waals surface area (Å²) in [6, 6.07) is 6.21. The molecule has 2 aliphatic heterocycles. The van der Waals surface area contributed by atoms with Crippen molar-refractivity contribution >= 4 is 29.3 Å². The molecule has 1 aromatic carbocycles. The second-order valence-corrected chi connectivity index (χ2v) is 7.48. The van der Waals surface area contributed by atoms with Crippen LogP contribution in [0.25, 0.3) is 0 Å². The Labute approximate surface area is 141 Å². The first-order valence-corrected chi connectivity index (χ1v) is 9.05. The molecule has 1 fully saturated rings. The summed E-state index contributed by atoms with van der Waals surface area (Å²) in [6.45, 7) is 1.58. The number of carbonyl (C=O) groups is 2. The number of nitrogens with one attached hydrogen (secondary N) is 1. The number of likely N-dealkylation sites (tertiary alicyclic amines) is 1. The molecule has 2 amide bonds. The van der Waals surface area contributed by atoms with E-state index >= 15 is 0 Å². The molecule has 1 N–H and O–H groups in total. The molecule has 2 heterocycles. The first-order chi connectivity index (χ1) is 11.0. The zero-order valence-corrected chi connectivity index (χ0v) is 14.5. The van der Waals surface area contributed by atoms with Crippen LogP contribution in [0.1, 0.15) is 29.6 Å². The average Bonchev–Trinajstić information content (AvgIpc) is 2.74. The first kappa shape index (κ1) is 16.3. The molecule has 0 spiro atoms. The zero-order chi connectivity index (χ0) is 16.4. The molecule has 0 radical (unpaired) electrons. The van der Waals surface area contributed by atoms with Gasteiger partial charge >= 0.3 is 0 Å². The van der Waals surface area contributed by atoms with Crippen molar-refractivity contribution in [3.8, 4) is 0 Å². The van der Waals surface area contributed by atoms with Crippen LogP contribution in [-0.4, -0.2) is 60.6 Å². The van der Waals surface area contributed by atoms with Gasteiger partial charge in [0, 0.05) is 41.8 Å². The van der Waals surface area contributed by atoms with Crippen molar-refractivity contribution in [1.29, 1.82) is 0 Å². The number of carbonyl (C=O) groups excluding carboxylic acids is 2. The van der Waals surface area contributed by atoms with Crippen molar-refractivity contribution in [3.63, 3.8) is 0 Å². The van der Waals surface area contributed by atoms with Gasteiger partial charge in [0.05, 0.1) is 5.69 Å². The second-order valence-electron chi connectivity index (χ2n) is 6.34. The fraction of sp³-hybridized carbons (Fsp3) is 0.529. The van der Waals surface area contributed by atoms with Crippen LogP contribution in [0.3, 0.4) is 0 Å². The molecule has 0 atom stereocenters. The number of hydrogen-bond donors (Lipinski definition) is 1. The smallest absolute Gasteiger partial charge is 0.253 e. The minimum atomic E-state index is 0.0210. The Morgan fingerprint density at radius 3 is 2.74 bits per heavy atom. The normalized spacial score (nSPS) is 19.3. The van der Waals surface area contributed by atoms with Gasteiger partial charge in [-0.2, -0.15) is 0 Å². The van der Waals surface area contributed by atoms with Crippen molar-refractivity contribution in [3.05, 3.63) is 23.8 Å². The molecule has 0 bridgehead atoms. The highest BCUT2D eigenvalue weighted by molar-refractivity contribution is 7.99. The van der Waals surface area contributed by atoms with E-state index < -0.39 is 0 Å². The fourth-order valence-electron chi connectivity index (χ4n) is 3.12. The van der Waals surface area contributed by atoms with Crippen molar-refractivity contribution in [2.45, 2.75) is 30.2 Å². The van der Waals surface area contributed by atoms with Crippen molar-refractivity contribution in [2.75, 3.05) is 38.3 Å². The monoisotopic (exact) mass is 333 g/mol. The summed E-state index contributed by atoms with van der Waals surface area (Å²) >= 11 is 1.66. The summed E-state index contributed by atoms with van der Waals surface area (Å²) in [5, 5.41) is 2.91. The minimum Gasteiger partial charge on any atom is -0.339 e. The van der Waals surface area contributed by atoms with E-state index in [9.17, 15) is 9.59 Å². The summed E-state index contributed by atoms with van der Waals surface area (Å²) < 4.78 is 0. The molecule has 0 aromatic heterocycles. The molecule has 1 saturated heterocycles. The van der Waals surface area contributed by atoms with E-state index in [2.05, 4.69) is 24.3 Å². The molecule has 0 saturated carbocycles. The molecular formula is C17H23N3O2S. The average molecular weight is 333 g/mol. The Kier molecular flexibility index (Phi) is 4.92. The Morgan fingerprint density at radius 1 is 1.30 bits per heavy atom. The number of anilines is 1. The molecule has 6 heteroatoms. The summed E-state index contributed by atoms with van der Waals surface area (Å²) in [7, 11) is 4.18. The van der Waals surface area contributed by atoms with Gasteiger partial charge in [-0.3, -0.25) is 9.59 Å². The van der Waals surface area contributed by atoms with Crippen LogP contribution >= 0.6 is 11.8 Å². The Morgan fingerprint density at radius 2 is 2.04 bits per heavy atom. The lowest BCUT2D eigenvalue weighted by atomic mass is 10.0. The molecule has 23 heavy (non-hydrogen) atoms. The zero-order valence-electron chi connectivity index (χ0n) is 13.7. The van der Waals surface area contributed by atoms with Crippen molar-refractivity contribution in [2.24, 2.45) is 0 Å². The largest absolute Gasteiger partial charge is 0.339 e. The summed E-state index contributed by atoms with van der Waals surface area (Å²) in [5.74, 6) is 0.866. The lowest BCUT2D eigenvalue weighted by Crippen LogP contribution is -2.44. The van der Waals surface area contributed by atoms with E-state index in [4.69, 9.17) is 0 Å². The standard InChI is InChI=1S/C17H23N3O2S/c1-19(2)13-5-8-20(9-6-13)17(22)12-3-4-15-14(11-12)18-16(21)7-10-23-15/h3-4,11,13H,5-10H2,1-2H3,(H,18,21). The summed E-state index contributed by atoms with van der Waals surface area (Å²) in [5.41, 5.74) is 1.43. The molecular weight excluding hydrogens is 310 g/mol. The number of fused-ring (bicyclic) bond motifs is 1. The SMILES string of the molecule is CN(C)C1CCN(C(=O)c2ccc3c(c2)NC(=O)CCS3)CC1. The molecule has 0 unspecified atom stereocenters. The molecule has 2 aliphatic rings. The Balaban J connectivity index is 1.72. The predicted octanol–water partition coefficient (Wildman–Crippen LogP) is 2.29. The van der Waals surface area contributed by atoms with E-state index in [-0.39, 0.29) is 11.8 Å². The maximum Gasteiger partial charge on any atom is 0.253 e. The van der Waals surface area contributed by atoms with Gasteiger partial charge in [-0.05, 0) is 45.1 Å². The number of amides is 2. The number of thioether (sulfide) groups is 1.